The molecule has 1 heterocycles. The van der Waals surface area contributed by atoms with Crippen molar-refractivity contribution in [2.75, 3.05) is 46.4 Å². The van der Waals surface area contributed by atoms with Gasteiger partial charge in [0.05, 0.1) is 13.7 Å². The van der Waals surface area contributed by atoms with Crippen LogP contribution in [0.4, 0.5) is 4.39 Å². The van der Waals surface area contributed by atoms with E-state index in [4.69, 9.17) is 15.2 Å². The number of benzene rings is 2. The number of methoxy groups -OCH3 is 1. The summed E-state index contributed by atoms with van der Waals surface area (Å²) < 4.78 is 24.6. The number of piperazine rings is 1. The molecular formula is C24H34FN3O2. The van der Waals surface area contributed by atoms with Crippen molar-refractivity contribution in [3.05, 3.63) is 59.4 Å². The Kier molecular flexibility index (Phi) is 7.69. The normalized spacial score (nSPS) is 15.9. The van der Waals surface area contributed by atoms with Crippen molar-refractivity contribution in [1.82, 2.24) is 9.80 Å². The zero-order chi connectivity index (χ0) is 21.6. The van der Waals surface area contributed by atoms with Gasteiger partial charge in [-0.25, -0.2) is 4.39 Å². The second-order valence-electron chi connectivity index (χ2n) is 8.82. The number of halogens is 1. The fraction of sp³-hybridized carbons (Fsp3) is 0.500. The van der Waals surface area contributed by atoms with E-state index in [1.165, 1.54) is 12.1 Å². The van der Waals surface area contributed by atoms with Crippen LogP contribution in [-0.4, -0.2) is 56.2 Å². The summed E-state index contributed by atoms with van der Waals surface area (Å²) in [6.45, 7) is 11.5. The van der Waals surface area contributed by atoms with E-state index < -0.39 is 0 Å². The molecule has 0 unspecified atom stereocenters. The molecule has 164 valence electrons. The molecular weight excluding hydrogens is 381 g/mol. The molecule has 6 heteroatoms. The Bertz CT molecular complexity index is 803. The zero-order valence-corrected chi connectivity index (χ0v) is 18.4. The molecule has 0 atom stereocenters. The summed E-state index contributed by atoms with van der Waals surface area (Å²) in [7, 11) is 1.65. The maximum Gasteiger partial charge on any atom is 0.161 e. The van der Waals surface area contributed by atoms with Crippen molar-refractivity contribution in [3.8, 4) is 11.5 Å². The molecule has 2 aromatic rings. The number of rotatable bonds is 9. The average Bonchev–Trinajstić information content (AvgIpc) is 2.75. The van der Waals surface area contributed by atoms with Crippen molar-refractivity contribution >= 4 is 0 Å². The highest BCUT2D eigenvalue weighted by Gasteiger charge is 2.26. The Hall–Kier alpha value is -2.15. The minimum atomic E-state index is -0.180. The van der Waals surface area contributed by atoms with E-state index in [1.807, 2.05) is 30.3 Å². The van der Waals surface area contributed by atoms with E-state index in [0.717, 1.165) is 61.9 Å². The van der Waals surface area contributed by atoms with Crippen LogP contribution < -0.4 is 15.2 Å². The lowest BCUT2D eigenvalue weighted by atomic mass is 9.93. The largest absolute Gasteiger partial charge is 0.493 e. The van der Waals surface area contributed by atoms with Crippen LogP contribution in [-0.2, 0) is 13.1 Å². The van der Waals surface area contributed by atoms with E-state index in [2.05, 4.69) is 23.6 Å². The van der Waals surface area contributed by atoms with Crippen molar-refractivity contribution in [2.45, 2.75) is 26.9 Å². The lowest BCUT2D eigenvalue weighted by Gasteiger charge is -2.39. The van der Waals surface area contributed by atoms with E-state index in [9.17, 15) is 4.39 Å². The Morgan fingerprint density at radius 2 is 1.57 bits per heavy atom. The highest BCUT2D eigenvalue weighted by Crippen LogP contribution is 2.30. The summed E-state index contributed by atoms with van der Waals surface area (Å²) in [5.74, 6) is 1.30. The molecule has 5 nitrogen and oxygen atoms in total. The van der Waals surface area contributed by atoms with Gasteiger partial charge in [-0.1, -0.05) is 32.0 Å². The quantitative estimate of drug-likeness (QED) is 0.679. The molecule has 1 aliphatic heterocycles. The standard InChI is InChI=1S/C24H34FN3O2/c1-24(2,18-30-23-14-20(15-26)6-9-22(23)29-3)17-28-12-10-27(11-13-28)16-19-4-7-21(25)8-5-19/h4-9,14H,10-13,15-18,26H2,1-3H3. The lowest BCUT2D eigenvalue weighted by Crippen LogP contribution is -2.49. The summed E-state index contributed by atoms with van der Waals surface area (Å²) in [6, 6.07) is 12.6. The van der Waals surface area contributed by atoms with Crippen LogP contribution in [0.1, 0.15) is 25.0 Å². The highest BCUT2D eigenvalue weighted by molar-refractivity contribution is 5.43. The summed E-state index contributed by atoms with van der Waals surface area (Å²) in [4.78, 5) is 4.93. The Balaban J connectivity index is 1.47. The molecule has 3 rings (SSSR count). The van der Waals surface area contributed by atoms with Gasteiger partial charge >= 0.3 is 0 Å². The number of ether oxygens (including phenoxy) is 2. The van der Waals surface area contributed by atoms with Gasteiger partial charge in [0.15, 0.2) is 11.5 Å². The van der Waals surface area contributed by atoms with Crippen molar-refractivity contribution in [2.24, 2.45) is 11.1 Å². The van der Waals surface area contributed by atoms with Gasteiger partial charge in [-0.2, -0.15) is 0 Å². The number of hydrogen-bond donors (Lipinski definition) is 1. The lowest BCUT2D eigenvalue weighted by molar-refractivity contribution is 0.0695. The summed E-state index contributed by atoms with van der Waals surface area (Å²) in [6.07, 6.45) is 0. The van der Waals surface area contributed by atoms with Crippen LogP contribution in [0.3, 0.4) is 0 Å². The molecule has 0 radical (unpaired) electrons. The first-order chi connectivity index (χ1) is 14.4. The van der Waals surface area contributed by atoms with Crippen molar-refractivity contribution in [3.63, 3.8) is 0 Å². The Morgan fingerprint density at radius 1 is 0.933 bits per heavy atom. The van der Waals surface area contributed by atoms with Gasteiger partial charge in [-0.05, 0) is 35.4 Å². The van der Waals surface area contributed by atoms with Crippen molar-refractivity contribution in [1.29, 1.82) is 0 Å². The van der Waals surface area contributed by atoms with Gasteiger partial charge in [-0.15, -0.1) is 0 Å². The number of nitrogens with two attached hydrogens (primary N) is 1. The average molecular weight is 416 g/mol. The second-order valence-corrected chi connectivity index (χ2v) is 8.82. The summed E-state index contributed by atoms with van der Waals surface area (Å²) in [5.41, 5.74) is 7.95. The first-order valence-corrected chi connectivity index (χ1v) is 10.6. The summed E-state index contributed by atoms with van der Waals surface area (Å²) in [5, 5.41) is 0. The van der Waals surface area contributed by atoms with Crippen LogP contribution in [0.15, 0.2) is 42.5 Å². The third kappa shape index (κ3) is 6.42. The fourth-order valence-electron chi connectivity index (χ4n) is 3.84. The number of hydrogen-bond acceptors (Lipinski definition) is 5. The van der Waals surface area contributed by atoms with Gasteiger partial charge in [0.1, 0.15) is 5.82 Å². The number of nitrogens with zero attached hydrogens (tertiary/aromatic N) is 2. The van der Waals surface area contributed by atoms with Gasteiger partial charge in [0.2, 0.25) is 0 Å². The molecule has 1 fully saturated rings. The van der Waals surface area contributed by atoms with Crippen LogP contribution in [0.2, 0.25) is 0 Å². The van der Waals surface area contributed by atoms with E-state index in [0.29, 0.717) is 13.2 Å². The molecule has 0 bridgehead atoms. The SMILES string of the molecule is COc1ccc(CN)cc1OCC(C)(C)CN1CCN(Cc2ccc(F)cc2)CC1. The van der Waals surface area contributed by atoms with E-state index in [-0.39, 0.29) is 11.2 Å². The van der Waals surface area contributed by atoms with Crippen LogP contribution in [0, 0.1) is 11.2 Å². The van der Waals surface area contributed by atoms with Crippen LogP contribution in [0.5, 0.6) is 11.5 Å². The molecule has 0 saturated carbocycles. The molecule has 0 spiro atoms. The third-order valence-electron chi connectivity index (χ3n) is 5.52. The first-order valence-electron chi connectivity index (χ1n) is 10.6. The molecule has 2 N–H and O–H groups in total. The monoisotopic (exact) mass is 415 g/mol. The van der Waals surface area contributed by atoms with Crippen LogP contribution >= 0.6 is 0 Å². The fourth-order valence-corrected chi connectivity index (χ4v) is 3.84. The smallest absolute Gasteiger partial charge is 0.161 e. The van der Waals surface area contributed by atoms with Gasteiger partial charge in [0, 0.05) is 51.2 Å². The first kappa shape index (κ1) is 22.5. The van der Waals surface area contributed by atoms with E-state index >= 15 is 0 Å². The van der Waals surface area contributed by atoms with Crippen LogP contribution in [0.25, 0.3) is 0 Å². The zero-order valence-electron chi connectivity index (χ0n) is 18.4. The minimum Gasteiger partial charge on any atom is -0.493 e. The predicted molar refractivity (Wildman–Crippen MR) is 118 cm³/mol. The molecule has 30 heavy (non-hydrogen) atoms. The maximum atomic E-state index is 13.1. The van der Waals surface area contributed by atoms with Crippen molar-refractivity contribution < 1.29 is 13.9 Å². The van der Waals surface area contributed by atoms with Gasteiger partial charge in [0.25, 0.3) is 0 Å². The second kappa shape index (κ2) is 10.2. The molecule has 0 aromatic heterocycles. The topological polar surface area (TPSA) is 51.0 Å². The Labute approximate surface area is 179 Å². The molecule has 1 aliphatic rings. The minimum absolute atomic E-state index is 0.00284. The van der Waals surface area contributed by atoms with Gasteiger partial charge in [-0.3, -0.25) is 4.90 Å². The van der Waals surface area contributed by atoms with Gasteiger partial charge < -0.3 is 20.1 Å². The maximum absolute atomic E-state index is 13.1. The Morgan fingerprint density at radius 3 is 2.20 bits per heavy atom. The highest BCUT2D eigenvalue weighted by atomic mass is 19.1. The summed E-state index contributed by atoms with van der Waals surface area (Å²) >= 11 is 0. The van der Waals surface area contributed by atoms with E-state index in [1.54, 1.807) is 7.11 Å². The third-order valence-corrected chi connectivity index (χ3v) is 5.52. The molecule has 1 saturated heterocycles. The molecule has 0 aliphatic carbocycles. The molecule has 0 amide bonds. The predicted octanol–water partition coefficient (Wildman–Crippen LogP) is 3.52. The molecule has 2 aromatic carbocycles.